The van der Waals surface area contributed by atoms with Crippen LogP contribution < -0.4 is 20.3 Å². The molecule has 2 amide bonds. The molecule has 0 aliphatic rings. The monoisotopic (exact) mass is 431 g/mol. The van der Waals surface area contributed by atoms with Crippen LogP contribution in [0.3, 0.4) is 0 Å². The summed E-state index contributed by atoms with van der Waals surface area (Å²) < 4.78 is 15.7. The zero-order valence-corrected chi connectivity index (χ0v) is 18.5. The van der Waals surface area contributed by atoms with E-state index in [2.05, 4.69) is 15.8 Å². The maximum absolute atomic E-state index is 12.7. The number of nitrogens with one attached hydrogen (secondary N) is 3. The van der Waals surface area contributed by atoms with Gasteiger partial charge in [0, 0.05) is 11.3 Å². The Morgan fingerprint density at radius 2 is 1.71 bits per heavy atom. The van der Waals surface area contributed by atoms with Crippen LogP contribution in [0.25, 0.3) is 0 Å². The lowest BCUT2D eigenvalue weighted by Gasteiger charge is -2.12. The predicted molar refractivity (Wildman–Crippen MR) is 115 cm³/mol. The van der Waals surface area contributed by atoms with Crippen LogP contribution in [0, 0.1) is 6.92 Å². The van der Waals surface area contributed by atoms with Gasteiger partial charge in [-0.2, -0.15) is 0 Å². The fourth-order valence-corrected chi connectivity index (χ4v) is 3.14. The largest absolute Gasteiger partial charge is 0.493 e. The third-order valence-electron chi connectivity index (χ3n) is 4.58. The SMILES string of the molecule is CCCOc1ccc(C(=O)NNC(=O)c2[nH]c(C)c(C(=O)OC)c2CCC)cc1OC. The molecule has 31 heavy (non-hydrogen) atoms. The molecule has 3 N–H and O–H groups in total. The average molecular weight is 431 g/mol. The number of esters is 1. The van der Waals surface area contributed by atoms with Crippen molar-refractivity contribution in [3.63, 3.8) is 0 Å². The van der Waals surface area contributed by atoms with Gasteiger partial charge in [0.05, 0.1) is 26.4 Å². The van der Waals surface area contributed by atoms with E-state index in [1.165, 1.54) is 20.3 Å². The topological polar surface area (TPSA) is 119 Å². The average Bonchev–Trinajstić information content (AvgIpc) is 3.11. The number of carbonyl (C=O) groups excluding carboxylic acids is 3. The van der Waals surface area contributed by atoms with Gasteiger partial charge in [0.25, 0.3) is 11.8 Å². The molecule has 0 radical (unpaired) electrons. The molecule has 9 heteroatoms. The van der Waals surface area contributed by atoms with E-state index in [4.69, 9.17) is 14.2 Å². The first-order valence-corrected chi connectivity index (χ1v) is 10.1. The summed E-state index contributed by atoms with van der Waals surface area (Å²) in [6.07, 6.45) is 2.06. The molecule has 0 bridgehead atoms. The van der Waals surface area contributed by atoms with E-state index in [0.29, 0.717) is 41.3 Å². The zero-order chi connectivity index (χ0) is 23.0. The molecule has 0 fully saturated rings. The fraction of sp³-hybridized carbons (Fsp3) is 0.409. The minimum Gasteiger partial charge on any atom is -0.493 e. The molecule has 2 rings (SSSR count). The maximum Gasteiger partial charge on any atom is 0.339 e. The smallest absolute Gasteiger partial charge is 0.339 e. The van der Waals surface area contributed by atoms with E-state index in [1.807, 2.05) is 13.8 Å². The number of carbonyl (C=O) groups is 3. The number of aryl methyl sites for hydroxylation is 1. The van der Waals surface area contributed by atoms with Gasteiger partial charge < -0.3 is 19.2 Å². The molecule has 168 valence electrons. The molecule has 1 aromatic heterocycles. The number of hydrazine groups is 1. The Balaban J connectivity index is 2.15. The highest BCUT2D eigenvalue weighted by molar-refractivity contribution is 6.02. The number of methoxy groups -OCH3 is 2. The number of rotatable bonds is 9. The third kappa shape index (κ3) is 5.56. The first-order chi connectivity index (χ1) is 14.9. The first kappa shape index (κ1) is 23.8. The molecule has 2 aromatic rings. The van der Waals surface area contributed by atoms with E-state index in [0.717, 1.165) is 12.8 Å². The second-order valence-electron chi connectivity index (χ2n) is 6.84. The number of ether oxygens (including phenoxy) is 3. The summed E-state index contributed by atoms with van der Waals surface area (Å²) in [5.74, 6) is -0.656. The molecule has 0 unspecified atom stereocenters. The fourth-order valence-electron chi connectivity index (χ4n) is 3.14. The van der Waals surface area contributed by atoms with Crippen molar-refractivity contribution in [3.8, 4) is 11.5 Å². The highest BCUT2D eigenvalue weighted by Gasteiger charge is 2.25. The van der Waals surface area contributed by atoms with E-state index in [9.17, 15) is 14.4 Å². The van der Waals surface area contributed by atoms with Crippen molar-refractivity contribution in [1.82, 2.24) is 15.8 Å². The molecule has 0 spiro atoms. The molecule has 0 saturated carbocycles. The van der Waals surface area contributed by atoms with Crippen molar-refractivity contribution in [3.05, 3.63) is 46.3 Å². The Morgan fingerprint density at radius 3 is 2.32 bits per heavy atom. The molecule has 0 saturated heterocycles. The standard InChI is InChI=1S/C22H29N3O6/c1-6-8-15-18(22(28)30-5)13(3)23-19(15)21(27)25-24-20(26)14-9-10-16(31-11-7-2)17(12-14)29-4/h9-10,12,23H,6-8,11H2,1-5H3,(H,24,26)(H,25,27). The molecule has 0 aliphatic heterocycles. The molecule has 9 nitrogen and oxygen atoms in total. The lowest BCUT2D eigenvalue weighted by molar-refractivity contribution is 0.0598. The summed E-state index contributed by atoms with van der Waals surface area (Å²) in [6.45, 7) is 6.15. The third-order valence-corrected chi connectivity index (χ3v) is 4.58. The lowest BCUT2D eigenvalue weighted by Crippen LogP contribution is -2.42. The van der Waals surface area contributed by atoms with Gasteiger partial charge in [0.2, 0.25) is 0 Å². The number of hydrogen-bond donors (Lipinski definition) is 3. The number of amides is 2. The Bertz CT molecular complexity index is 951. The Morgan fingerprint density at radius 1 is 1.00 bits per heavy atom. The van der Waals surface area contributed by atoms with Crippen LogP contribution in [0.2, 0.25) is 0 Å². The van der Waals surface area contributed by atoms with E-state index < -0.39 is 17.8 Å². The van der Waals surface area contributed by atoms with Crippen LogP contribution in [-0.2, 0) is 11.2 Å². The van der Waals surface area contributed by atoms with Crippen molar-refractivity contribution >= 4 is 17.8 Å². The van der Waals surface area contributed by atoms with Gasteiger partial charge in [-0.1, -0.05) is 20.3 Å². The second-order valence-corrected chi connectivity index (χ2v) is 6.84. The van der Waals surface area contributed by atoms with Gasteiger partial charge in [-0.25, -0.2) is 4.79 Å². The summed E-state index contributed by atoms with van der Waals surface area (Å²) in [5, 5.41) is 0. The summed E-state index contributed by atoms with van der Waals surface area (Å²) in [5.41, 5.74) is 6.68. The Kier molecular flexibility index (Phi) is 8.48. The van der Waals surface area contributed by atoms with Crippen molar-refractivity contribution < 1.29 is 28.6 Å². The highest BCUT2D eigenvalue weighted by atomic mass is 16.5. The van der Waals surface area contributed by atoms with Crippen LogP contribution >= 0.6 is 0 Å². The van der Waals surface area contributed by atoms with Gasteiger partial charge in [-0.3, -0.25) is 20.4 Å². The number of aromatic amines is 1. The Labute approximate surface area is 181 Å². The molecular formula is C22H29N3O6. The summed E-state index contributed by atoms with van der Waals surface area (Å²) in [7, 11) is 2.77. The second kappa shape index (κ2) is 11.1. The minimum atomic E-state index is -0.565. The van der Waals surface area contributed by atoms with Crippen molar-refractivity contribution in [1.29, 1.82) is 0 Å². The molecule has 0 atom stereocenters. The van der Waals surface area contributed by atoms with Gasteiger partial charge >= 0.3 is 5.97 Å². The zero-order valence-electron chi connectivity index (χ0n) is 18.5. The van der Waals surface area contributed by atoms with E-state index in [1.54, 1.807) is 19.1 Å². The number of aromatic nitrogens is 1. The van der Waals surface area contributed by atoms with Crippen LogP contribution in [0.4, 0.5) is 0 Å². The highest BCUT2D eigenvalue weighted by Crippen LogP contribution is 2.28. The summed E-state index contributed by atoms with van der Waals surface area (Å²) in [4.78, 5) is 40.2. The number of benzene rings is 1. The summed E-state index contributed by atoms with van der Waals surface area (Å²) in [6, 6.07) is 4.75. The minimum absolute atomic E-state index is 0.209. The van der Waals surface area contributed by atoms with Gasteiger partial charge in [-0.15, -0.1) is 0 Å². The summed E-state index contributed by atoms with van der Waals surface area (Å²) >= 11 is 0. The molecule has 1 aromatic carbocycles. The van der Waals surface area contributed by atoms with Crippen molar-refractivity contribution in [2.75, 3.05) is 20.8 Å². The van der Waals surface area contributed by atoms with Crippen LogP contribution in [0.5, 0.6) is 11.5 Å². The number of H-pyrrole nitrogens is 1. The maximum atomic E-state index is 12.7. The molecule has 0 aliphatic carbocycles. The van der Waals surface area contributed by atoms with Crippen LogP contribution in [-0.4, -0.2) is 43.6 Å². The van der Waals surface area contributed by atoms with Crippen LogP contribution in [0.1, 0.15) is 69.2 Å². The lowest BCUT2D eigenvalue weighted by atomic mass is 10.0. The quantitative estimate of drug-likeness (QED) is 0.415. The molecule has 1 heterocycles. The van der Waals surface area contributed by atoms with Crippen LogP contribution in [0.15, 0.2) is 18.2 Å². The predicted octanol–water partition coefficient (Wildman–Crippen LogP) is 2.93. The van der Waals surface area contributed by atoms with Gasteiger partial charge in [0.1, 0.15) is 5.69 Å². The van der Waals surface area contributed by atoms with Crippen molar-refractivity contribution in [2.45, 2.75) is 40.0 Å². The van der Waals surface area contributed by atoms with Crippen molar-refractivity contribution in [2.24, 2.45) is 0 Å². The van der Waals surface area contributed by atoms with E-state index in [-0.39, 0.29) is 11.3 Å². The van der Waals surface area contributed by atoms with Gasteiger partial charge in [0.15, 0.2) is 11.5 Å². The first-order valence-electron chi connectivity index (χ1n) is 10.1. The Hall–Kier alpha value is -3.49. The molecular weight excluding hydrogens is 402 g/mol. The van der Waals surface area contributed by atoms with E-state index >= 15 is 0 Å². The normalized spacial score (nSPS) is 10.4. The van der Waals surface area contributed by atoms with Gasteiger partial charge in [-0.05, 0) is 43.5 Å². The number of hydrogen-bond acceptors (Lipinski definition) is 6.